The van der Waals surface area contributed by atoms with Crippen LogP contribution in [0.3, 0.4) is 0 Å². The zero-order valence-corrected chi connectivity index (χ0v) is 15.5. The highest BCUT2D eigenvalue weighted by molar-refractivity contribution is 5.78. The van der Waals surface area contributed by atoms with Crippen LogP contribution in [0.25, 0.3) is 11.2 Å². The largest absolute Gasteiger partial charge is 0.354 e. The number of aryl methyl sites for hydroxylation is 1. The molecule has 0 radical (unpaired) electrons. The molecule has 1 aromatic carbocycles. The molecule has 3 heterocycles. The van der Waals surface area contributed by atoms with Crippen LogP contribution in [0.4, 0.5) is 0 Å². The van der Waals surface area contributed by atoms with E-state index in [9.17, 15) is 4.79 Å². The summed E-state index contributed by atoms with van der Waals surface area (Å²) in [6.45, 7) is 5.06. The van der Waals surface area contributed by atoms with E-state index in [-0.39, 0.29) is 5.91 Å². The number of hydrogen-bond acceptors (Lipinski definition) is 5. The lowest BCUT2D eigenvalue weighted by Gasteiger charge is -2.07. The molecule has 2 aromatic heterocycles. The molecule has 1 aliphatic rings. The summed E-state index contributed by atoms with van der Waals surface area (Å²) in [5, 5.41) is 11.1. The van der Waals surface area contributed by atoms with Gasteiger partial charge in [-0.25, -0.2) is 14.6 Å². The number of nitrogens with one attached hydrogen (secondary N) is 2. The molecule has 140 valence electrons. The first-order valence-electron chi connectivity index (χ1n) is 9.41. The molecule has 3 aromatic rings. The number of carbonyl (C=O) groups is 1. The molecule has 1 saturated heterocycles. The molecule has 1 unspecified atom stereocenters. The van der Waals surface area contributed by atoms with Crippen LogP contribution in [-0.4, -0.2) is 45.3 Å². The molecule has 27 heavy (non-hydrogen) atoms. The molecule has 7 heteroatoms. The fourth-order valence-electron chi connectivity index (χ4n) is 3.62. The summed E-state index contributed by atoms with van der Waals surface area (Å²) >= 11 is 0. The third-order valence-corrected chi connectivity index (χ3v) is 4.93. The van der Waals surface area contributed by atoms with Crippen molar-refractivity contribution in [1.29, 1.82) is 0 Å². The van der Waals surface area contributed by atoms with Gasteiger partial charge in [-0.15, -0.1) is 0 Å². The lowest BCUT2D eigenvalue weighted by Crippen LogP contribution is -2.29. The monoisotopic (exact) mass is 364 g/mol. The van der Waals surface area contributed by atoms with Crippen LogP contribution in [0, 0.1) is 6.92 Å². The van der Waals surface area contributed by atoms with Crippen molar-refractivity contribution in [2.24, 2.45) is 0 Å². The van der Waals surface area contributed by atoms with Gasteiger partial charge in [-0.3, -0.25) is 4.79 Å². The lowest BCUT2D eigenvalue weighted by molar-refractivity contribution is -0.120. The minimum atomic E-state index is 0.0170. The van der Waals surface area contributed by atoms with Gasteiger partial charge < -0.3 is 10.6 Å². The van der Waals surface area contributed by atoms with Gasteiger partial charge in [0.15, 0.2) is 5.65 Å². The van der Waals surface area contributed by atoms with Crippen molar-refractivity contribution in [3.05, 3.63) is 53.5 Å². The first kappa shape index (κ1) is 17.6. The van der Waals surface area contributed by atoms with Gasteiger partial charge >= 0.3 is 0 Å². The maximum atomic E-state index is 12.2. The Morgan fingerprint density at radius 1 is 1.33 bits per heavy atom. The number of amides is 1. The van der Waals surface area contributed by atoms with Gasteiger partial charge in [0.25, 0.3) is 0 Å². The summed E-state index contributed by atoms with van der Waals surface area (Å²) in [7, 11) is 0. The highest BCUT2D eigenvalue weighted by atomic mass is 16.1. The smallest absolute Gasteiger partial charge is 0.224 e. The van der Waals surface area contributed by atoms with Crippen molar-refractivity contribution in [1.82, 2.24) is 30.4 Å². The number of fused-ring (bicyclic) bond motifs is 1. The van der Waals surface area contributed by atoms with Gasteiger partial charge in [-0.05, 0) is 25.5 Å². The van der Waals surface area contributed by atoms with Crippen LogP contribution < -0.4 is 10.6 Å². The van der Waals surface area contributed by atoms with Crippen LogP contribution in [0.2, 0.25) is 0 Å². The first-order valence-corrected chi connectivity index (χ1v) is 9.41. The molecule has 0 aliphatic carbocycles. The molecular formula is C20H24N6O. The number of nitrogens with zero attached hydrogens (tertiary/aromatic N) is 4. The van der Waals surface area contributed by atoms with Crippen molar-refractivity contribution < 1.29 is 4.79 Å². The topological polar surface area (TPSA) is 84.7 Å². The van der Waals surface area contributed by atoms with Gasteiger partial charge in [0, 0.05) is 31.4 Å². The molecule has 4 rings (SSSR count). The van der Waals surface area contributed by atoms with E-state index in [0.717, 1.165) is 47.5 Å². The Balaban J connectivity index is 1.41. The molecule has 1 fully saturated rings. The highest BCUT2D eigenvalue weighted by Gasteiger charge is 2.24. The van der Waals surface area contributed by atoms with Gasteiger partial charge in [0.1, 0.15) is 5.52 Å². The highest BCUT2D eigenvalue weighted by Crippen LogP contribution is 2.26. The Morgan fingerprint density at radius 3 is 3.04 bits per heavy atom. The molecular weight excluding hydrogens is 340 g/mol. The fraction of sp³-hybridized carbons (Fsp3) is 0.400. The second-order valence-electron chi connectivity index (χ2n) is 7.04. The van der Waals surface area contributed by atoms with Gasteiger partial charge in [0.05, 0.1) is 18.7 Å². The number of rotatable bonds is 6. The Kier molecular flexibility index (Phi) is 5.11. The molecule has 7 nitrogen and oxygen atoms in total. The average molecular weight is 364 g/mol. The summed E-state index contributed by atoms with van der Waals surface area (Å²) in [6, 6.07) is 8.03. The quantitative estimate of drug-likeness (QED) is 0.694. The summed E-state index contributed by atoms with van der Waals surface area (Å²) in [6.07, 6.45) is 4.85. The van der Waals surface area contributed by atoms with E-state index in [1.807, 2.05) is 35.9 Å². The zero-order valence-electron chi connectivity index (χ0n) is 15.5. The van der Waals surface area contributed by atoms with E-state index in [0.29, 0.717) is 25.4 Å². The predicted octanol–water partition coefficient (Wildman–Crippen LogP) is 1.57. The van der Waals surface area contributed by atoms with Crippen molar-refractivity contribution in [3.8, 4) is 0 Å². The lowest BCUT2D eigenvalue weighted by atomic mass is 10.0. The van der Waals surface area contributed by atoms with Crippen LogP contribution >= 0.6 is 0 Å². The van der Waals surface area contributed by atoms with E-state index in [4.69, 9.17) is 5.10 Å². The predicted molar refractivity (Wildman–Crippen MR) is 103 cm³/mol. The van der Waals surface area contributed by atoms with Gasteiger partial charge in [-0.2, -0.15) is 5.10 Å². The molecule has 0 saturated carbocycles. The van der Waals surface area contributed by atoms with E-state index in [1.54, 1.807) is 12.4 Å². The zero-order chi connectivity index (χ0) is 18.6. The standard InChI is InChI=1S/C20H24N6O/c1-14-3-2-4-15(11-14)12-17(27)22-9-10-26-20-19(23-7-8-24-20)18(25-26)16-5-6-21-13-16/h2-4,7-8,11,16,21H,5-6,9-10,12-13H2,1H3,(H,22,27). The fourth-order valence-corrected chi connectivity index (χ4v) is 3.62. The molecule has 2 N–H and O–H groups in total. The Labute approximate surface area is 158 Å². The normalized spacial score (nSPS) is 16.7. The van der Waals surface area contributed by atoms with E-state index < -0.39 is 0 Å². The van der Waals surface area contributed by atoms with Crippen molar-refractivity contribution in [2.45, 2.75) is 32.2 Å². The SMILES string of the molecule is Cc1cccc(CC(=O)NCCn2nc(C3CCNC3)c3nccnc32)c1. The second-order valence-corrected chi connectivity index (χ2v) is 7.04. The number of aromatic nitrogens is 4. The van der Waals surface area contributed by atoms with Crippen molar-refractivity contribution >= 4 is 17.1 Å². The molecule has 0 bridgehead atoms. The van der Waals surface area contributed by atoms with E-state index in [2.05, 4.69) is 20.6 Å². The third-order valence-electron chi connectivity index (χ3n) is 4.93. The second kappa shape index (κ2) is 7.84. The Bertz CT molecular complexity index is 945. The molecule has 0 spiro atoms. The number of carbonyl (C=O) groups excluding carboxylic acids is 1. The van der Waals surface area contributed by atoms with Crippen LogP contribution in [0.5, 0.6) is 0 Å². The maximum Gasteiger partial charge on any atom is 0.224 e. The maximum absolute atomic E-state index is 12.2. The Hall–Kier alpha value is -2.80. The Morgan fingerprint density at radius 2 is 2.22 bits per heavy atom. The molecule has 1 aliphatic heterocycles. The number of hydrogen-bond donors (Lipinski definition) is 2. The molecule has 1 atom stereocenters. The summed E-state index contributed by atoms with van der Waals surface area (Å²) in [5.41, 5.74) is 4.86. The van der Waals surface area contributed by atoms with Crippen molar-refractivity contribution in [2.75, 3.05) is 19.6 Å². The summed E-state index contributed by atoms with van der Waals surface area (Å²) < 4.78 is 1.86. The molecule has 1 amide bonds. The van der Waals surface area contributed by atoms with Crippen LogP contribution in [0.15, 0.2) is 36.7 Å². The van der Waals surface area contributed by atoms with Gasteiger partial charge in [-0.1, -0.05) is 29.8 Å². The third kappa shape index (κ3) is 3.98. The van der Waals surface area contributed by atoms with E-state index >= 15 is 0 Å². The average Bonchev–Trinajstić information content (AvgIpc) is 3.30. The minimum absolute atomic E-state index is 0.0170. The van der Waals surface area contributed by atoms with Crippen LogP contribution in [-0.2, 0) is 17.8 Å². The minimum Gasteiger partial charge on any atom is -0.354 e. The number of benzene rings is 1. The van der Waals surface area contributed by atoms with Crippen molar-refractivity contribution in [3.63, 3.8) is 0 Å². The van der Waals surface area contributed by atoms with Gasteiger partial charge in [0.2, 0.25) is 5.91 Å². The summed E-state index contributed by atoms with van der Waals surface area (Å²) in [4.78, 5) is 21.2. The van der Waals surface area contributed by atoms with Crippen LogP contribution in [0.1, 0.15) is 29.2 Å². The first-order chi connectivity index (χ1) is 13.2. The van der Waals surface area contributed by atoms with E-state index in [1.165, 1.54) is 0 Å². The summed E-state index contributed by atoms with van der Waals surface area (Å²) in [5.74, 6) is 0.393.